The van der Waals surface area contributed by atoms with E-state index in [1.807, 2.05) is 60.7 Å². The van der Waals surface area contributed by atoms with Gasteiger partial charge in [-0.1, -0.05) is 60.7 Å². The number of hydrogen-bond donors (Lipinski definition) is 2. The Hall–Kier alpha value is -3.39. The van der Waals surface area contributed by atoms with Crippen molar-refractivity contribution in [1.29, 1.82) is 0 Å². The Morgan fingerprint density at radius 2 is 1.45 bits per heavy atom. The molecule has 0 aliphatic carbocycles. The second-order valence-corrected chi connectivity index (χ2v) is 6.73. The van der Waals surface area contributed by atoms with Gasteiger partial charge in [0.2, 0.25) is 5.91 Å². The van der Waals surface area contributed by atoms with E-state index in [9.17, 15) is 14.4 Å². The van der Waals surface area contributed by atoms with Gasteiger partial charge in [0.1, 0.15) is 19.3 Å². The van der Waals surface area contributed by atoms with E-state index in [-0.39, 0.29) is 32.6 Å². The highest BCUT2D eigenvalue weighted by Crippen LogP contribution is 2.06. The van der Waals surface area contributed by atoms with Crippen molar-refractivity contribution in [3.8, 4) is 0 Å². The lowest BCUT2D eigenvalue weighted by Crippen LogP contribution is -2.47. The highest BCUT2D eigenvalue weighted by molar-refractivity contribution is 5.86. The average molecular weight is 428 g/mol. The van der Waals surface area contributed by atoms with Crippen molar-refractivity contribution in [2.24, 2.45) is 0 Å². The largest absolute Gasteiger partial charge is 0.461 e. The third kappa shape index (κ3) is 9.77. The summed E-state index contributed by atoms with van der Waals surface area (Å²) in [5.74, 6) is -0.887. The number of methoxy groups -OCH3 is 1. The Bertz CT molecular complexity index is 813. The van der Waals surface area contributed by atoms with Gasteiger partial charge in [-0.3, -0.25) is 9.59 Å². The van der Waals surface area contributed by atoms with Crippen molar-refractivity contribution in [2.75, 3.05) is 20.3 Å². The SMILES string of the molecule is COCCNC(=O)[C@H](CCC(=O)OCc1ccccc1)NC(=O)OCc1ccccc1. The fraction of sp³-hybridized carbons (Fsp3) is 0.348. The number of rotatable bonds is 12. The van der Waals surface area contributed by atoms with Crippen LogP contribution >= 0.6 is 0 Å². The molecule has 166 valence electrons. The summed E-state index contributed by atoms with van der Waals surface area (Å²) < 4.78 is 15.3. The molecular weight excluding hydrogens is 400 g/mol. The lowest BCUT2D eigenvalue weighted by Gasteiger charge is -2.18. The Balaban J connectivity index is 1.83. The van der Waals surface area contributed by atoms with Gasteiger partial charge < -0.3 is 24.8 Å². The van der Waals surface area contributed by atoms with Gasteiger partial charge in [-0.2, -0.15) is 0 Å². The fourth-order valence-corrected chi connectivity index (χ4v) is 2.65. The van der Waals surface area contributed by atoms with Crippen molar-refractivity contribution in [3.05, 3.63) is 71.8 Å². The first kappa shape index (κ1) is 23.9. The maximum atomic E-state index is 12.4. The summed E-state index contributed by atoms with van der Waals surface area (Å²) in [6, 6.07) is 17.5. The minimum atomic E-state index is -0.940. The standard InChI is InChI=1S/C23H28N2O6/c1-29-15-14-24-22(27)20(25-23(28)31-17-19-10-6-3-7-11-19)12-13-21(26)30-16-18-8-4-2-5-9-18/h2-11,20H,12-17H2,1H3,(H,24,27)(H,25,28)/t20-/m0/s1. The summed E-state index contributed by atoms with van der Waals surface area (Å²) >= 11 is 0. The van der Waals surface area contributed by atoms with E-state index in [4.69, 9.17) is 14.2 Å². The van der Waals surface area contributed by atoms with Crippen LogP contribution in [0.15, 0.2) is 60.7 Å². The third-order valence-electron chi connectivity index (χ3n) is 4.31. The summed E-state index contributed by atoms with van der Waals surface area (Å²) in [6.45, 7) is 0.835. The monoisotopic (exact) mass is 428 g/mol. The van der Waals surface area contributed by atoms with Crippen LogP contribution in [0.2, 0.25) is 0 Å². The van der Waals surface area contributed by atoms with E-state index < -0.39 is 24.0 Å². The zero-order chi connectivity index (χ0) is 22.3. The van der Waals surface area contributed by atoms with Gasteiger partial charge >= 0.3 is 12.1 Å². The molecule has 2 aromatic carbocycles. The van der Waals surface area contributed by atoms with Crippen LogP contribution in [0.1, 0.15) is 24.0 Å². The molecule has 8 heteroatoms. The average Bonchev–Trinajstić information content (AvgIpc) is 2.80. The number of carbonyl (C=O) groups is 3. The summed E-state index contributed by atoms with van der Waals surface area (Å²) in [5.41, 5.74) is 1.69. The number of esters is 1. The Morgan fingerprint density at radius 3 is 2.03 bits per heavy atom. The Kier molecular flexibility index (Phi) is 10.6. The van der Waals surface area contributed by atoms with E-state index >= 15 is 0 Å². The minimum Gasteiger partial charge on any atom is -0.461 e. The van der Waals surface area contributed by atoms with Crippen molar-refractivity contribution in [3.63, 3.8) is 0 Å². The molecule has 2 rings (SSSR count). The van der Waals surface area contributed by atoms with Crippen LogP contribution in [0.4, 0.5) is 4.79 Å². The van der Waals surface area contributed by atoms with E-state index in [2.05, 4.69) is 10.6 Å². The maximum absolute atomic E-state index is 12.4. The molecule has 0 aromatic heterocycles. The molecule has 0 aliphatic rings. The van der Waals surface area contributed by atoms with Gasteiger partial charge in [0, 0.05) is 20.1 Å². The first-order valence-electron chi connectivity index (χ1n) is 10.0. The summed E-state index contributed by atoms with van der Waals surface area (Å²) in [6.07, 6.45) is -0.700. The van der Waals surface area contributed by atoms with E-state index in [1.165, 1.54) is 7.11 Å². The first-order chi connectivity index (χ1) is 15.1. The number of amides is 2. The molecule has 2 aromatic rings. The molecule has 8 nitrogen and oxygen atoms in total. The Labute approximate surface area is 181 Å². The molecule has 0 bridgehead atoms. The number of benzene rings is 2. The lowest BCUT2D eigenvalue weighted by molar-refractivity contribution is -0.145. The number of nitrogens with one attached hydrogen (secondary N) is 2. The van der Waals surface area contributed by atoms with Gasteiger partial charge in [0.15, 0.2) is 0 Å². The number of ether oxygens (including phenoxy) is 3. The molecule has 2 amide bonds. The predicted octanol–water partition coefficient (Wildman–Crippen LogP) is 2.57. The lowest BCUT2D eigenvalue weighted by atomic mass is 10.1. The normalized spacial score (nSPS) is 11.3. The van der Waals surface area contributed by atoms with Gasteiger partial charge in [-0.25, -0.2) is 4.79 Å². The van der Waals surface area contributed by atoms with Crippen molar-refractivity contribution in [2.45, 2.75) is 32.1 Å². The van der Waals surface area contributed by atoms with Crippen LogP contribution in [-0.2, 0) is 37.0 Å². The summed E-state index contributed by atoms with van der Waals surface area (Å²) in [5, 5.41) is 5.18. The number of hydrogen-bond acceptors (Lipinski definition) is 6. The minimum absolute atomic E-state index is 0.0336. The molecule has 0 spiro atoms. The first-order valence-corrected chi connectivity index (χ1v) is 10.0. The molecule has 0 fully saturated rings. The summed E-state index contributed by atoms with van der Waals surface area (Å²) in [7, 11) is 1.52. The summed E-state index contributed by atoms with van der Waals surface area (Å²) in [4.78, 5) is 36.7. The molecule has 0 unspecified atom stereocenters. The van der Waals surface area contributed by atoms with Crippen molar-refractivity contribution in [1.82, 2.24) is 10.6 Å². The van der Waals surface area contributed by atoms with E-state index in [0.29, 0.717) is 6.61 Å². The second-order valence-electron chi connectivity index (χ2n) is 6.73. The quantitative estimate of drug-likeness (QED) is 0.398. The maximum Gasteiger partial charge on any atom is 0.408 e. The Morgan fingerprint density at radius 1 is 0.871 bits per heavy atom. The van der Waals surface area contributed by atoms with Gasteiger partial charge in [-0.15, -0.1) is 0 Å². The molecule has 0 aliphatic heterocycles. The van der Waals surface area contributed by atoms with Crippen molar-refractivity contribution >= 4 is 18.0 Å². The smallest absolute Gasteiger partial charge is 0.408 e. The molecule has 0 heterocycles. The highest BCUT2D eigenvalue weighted by Gasteiger charge is 2.22. The predicted molar refractivity (Wildman–Crippen MR) is 114 cm³/mol. The zero-order valence-electron chi connectivity index (χ0n) is 17.5. The van der Waals surface area contributed by atoms with Crippen LogP contribution in [0.5, 0.6) is 0 Å². The van der Waals surface area contributed by atoms with Gasteiger partial charge in [0.05, 0.1) is 6.61 Å². The molecule has 0 saturated heterocycles. The molecule has 0 saturated carbocycles. The van der Waals surface area contributed by atoms with E-state index in [0.717, 1.165) is 11.1 Å². The highest BCUT2D eigenvalue weighted by atomic mass is 16.5. The topological polar surface area (TPSA) is 103 Å². The zero-order valence-corrected chi connectivity index (χ0v) is 17.5. The molecule has 1 atom stereocenters. The number of alkyl carbamates (subject to hydrolysis) is 1. The van der Waals surface area contributed by atoms with Gasteiger partial charge in [-0.05, 0) is 17.5 Å². The van der Waals surface area contributed by atoms with Crippen LogP contribution < -0.4 is 10.6 Å². The van der Waals surface area contributed by atoms with Crippen LogP contribution in [-0.4, -0.2) is 44.3 Å². The van der Waals surface area contributed by atoms with E-state index in [1.54, 1.807) is 0 Å². The van der Waals surface area contributed by atoms with Crippen LogP contribution in [0.25, 0.3) is 0 Å². The van der Waals surface area contributed by atoms with Crippen LogP contribution in [0.3, 0.4) is 0 Å². The van der Waals surface area contributed by atoms with Crippen LogP contribution in [0, 0.1) is 0 Å². The molecular formula is C23H28N2O6. The fourth-order valence-electron chi connectivity index (χ4n) is 2.65. The van der Waals surface area contributed by atoms with Gasteiger partial charge in [0.25, 0.3) is 0 Å². The van der Waals surface area contributed by atoms with Crippen molar-refractivity contribution < 1.29 is 28.6 Å². The molecule has 2 N–H and O–H groups in total. The molecule has 0 radical (unpaired) electrons. The second kappa shape index (κ2) is 13.8. The number of carbonyl (C=O) groups excluding carboxylic acids is 3. The molecule has 31 heavy (non-hydrogen) atoms. The third-order valence-corrected chi connectivity index (χ3v) is 4.31.